The first-order valence-electron chi connectivity index (χ1n) is 9.01. The van der Waals surface area contributed by atoms with Crippen LogP contribution in [0.4, 0.5) is 4.39 Å². The lowest BCUT2D eigenvalue weighted by Crippen LogP contribution is -2.26. The molecule has 0 aliphatic rings. The summed E-state index contributed by atoms with van der Waals surface area (Å²) in [6.07, 6.45) is 1.71. The number of nitrogens with two attached hydrogens (primary N) is 1. The molecule has 0 aliphatic heterocycles. The largest absolute Gasteiger partial charge is 0.493 e. The molecule has 10 heteroatoms. The number of H-pyrrole nitrogens is 1. The first kappa shape index (κ1) is 26.2. The maximum absolute atomic E-state index is 14.3. The highest BCUT2D eigenvalue weighted by molar-refractivity contribution is 5.94. The van der Waals surface area contributed by atoms with Crippen LogP contribution in [-0.4, -0.2) is 34.9 Å². The number of nitrogens with one attached hydrogen (secondary N) is 1. The van der Waals surface area contributed by atoms with E-state index in [4.69, 9.17) is 15.2 Å². The van der Waals surface area contributed by atoms with Gasteiger partial charge in [-0.3, -0.25) is 4.79 Å². The van der Waals surface area contributed by atoms with Crippen LogP contribution < -0.4 is 15.2 Å². The summed E-state index contributed by atoms with van der Waals surface area (Å²) in [5.41, 5.74) is 7.48. The van der Waals surface area contributed by atoms with Crippen molar-refractivity contribution in [2.75, 3.05) is 14.2 Å². The van der Waals surface area contributed by atoms with E-state index >= 15 is 0 Å². The Kier molecular flexibility index (Phi) is 9.77. The van der Waals surface area contributed by atoms with Gasteiger partial charge >= 0.3 is 0 Å². The van der Waals surface area contributed by atoms with E-state index in [1.54, 1.807) is 31.4 Å². The Hall–Kier alpha value is -2.81. The molecule has 0 saturated heterocycles. The molecule has 7 nitrogen and oxygen atoms in total. The van der Waals surface area contributed by atoms with Crippen molar-refractivity contribution >= 4 is 30.7 Å². The van der Waals surface area contributed by atoms with Crippen LogP contribution >= 0.6 is 24.8 Å². The number of nitrogens with zero attached hydrogens (tertiary/aromatic N) is 2. The van der Waals surface area contributed by atoms with Gasteiger partial charge in [0, 0.05) is 31.0 Å². The minimum absolute atomic E-state index is 0. The first-order valence-corrected chi connectivity index (χ1v) is 9.01. The molecule has 0 saturated carbocycles. The van der Waals surface area contributed by atoms with Gasteiger partial charge in [0.15, 0.2) is 23.1 Å². The number of aryl methyl sites for hydroxylation is 1. The number of imidazole rings is 1. The van der Waals surface area contributed by atoms with Gasteiger partial charge in [0.25, 0.3) is 5.91 Å². The topological polar surface area (TPSA) is 93.5 Å². The molecule has 3 N–H and O–H groups in total. The highest BCUT2D eigenvalue weighted by atomic mass is 35.5. The molecule has 3 aromatic rings. The van der Waals surface area contributed by atoms with Gasteiger partial charge in [-0.05, 0) is 42.8 Å². The smallest absolute Gasteiger partial charge is 0.254 e. The highest BCUT2D eigenvalue weighted by Gasteiger charge is 2.17. The fourth-order valence-corrected chi connectivity index (χ4v) is 2.83. The van der Waals surface area contributed by atoms with Crippen molar-refractivity contribution in [3.63, 3.8) is 0 Å². The molecule has 31 heavy (non-hydrogen) atoms. The van der Waals surface area contributed by atoms with Crippen LogP contribution in [0, 0.1) is 12.7 Å². The van der Waals surface area contributed by atoms with Gasteiger partial charge < -0.3 is 25.1 Å². The quantitative estimate of drug-likeness (QED) is 0.538. The molecule has 1 amide bonds. The average molecular weight is 471 g/mol. The van der Waals surface area contributed by atoms with Gasteiger partial charge in [0.1, 0.15) is 5.82 Å². The van der Waals surface area contributed by atoms with E-state index in [9.17, 15) is 9.18 Å². The molecule has 3 rings (SSSR count). The van der Waals surface area contributed by atoms with Gasteiger partial charge in [0.2, 0.25) is 0 Å². The predicted molar refractivity (Wildman–Crippen MR) is 121 cm³/mol. The summed E-state index contributed by atoms with van der Waals surface area (Å²) in [6, 6.07) is 9.26. The maximum atomic E-state index is 14.3. The number of hydrogen-bond donors (Lipinski definition) is 2. The van der Waals surface area contributed by atoms with Crippen molar-refractivity contribution in [2.24, 2.45) is 5.73 Å². The monoisotopic (exact) mass is 470 g/mol. The summed E-state index contributed by atoms with van der Waals surface area (Å²) in [6.45, 7) is 2.45. The molecule has 168 valence electrons. The van der Waals surface area contributed by atoms with Crippen molar-refractivity contribution in [3.8, 4) is 17.2 Å². The molecule has 1 heterocycles. The Morgan fingerprint density at radius 1 is 1.16 bits per heavy atom. The van der Waals surface area contributed by atoms with Crippen LogP contribution in [-0.2, 0) is 13.1 Å². The first-order chi connectivity index (χ1) is 13.9. The van der Waals surface area contributed by atoms with E-state index in [1.807, 2.05) is 6.92 Å². The zero-order valence-electron chi connectivity index (χ0n) is 17.3. The second kappa shape index (κ2) is 11.5. The Morgan fingerprint density at radius 2 is 1.87 bits per heavy atom. The fraction of sp³-hybridized carbons (Fsp3) is 0.238. The molecule has 1 aromatic heterocycles. The molecule has 2 aromatic carbocycles. The molecule has 0 bridgehead atoms. The van der Waals surface area contributed by atoms with Crippen LogP contribution in [0.15, 0.2) is 42.6 Å². The van der Waals surface area contributed by atoms with Crippen molar-refractivity contribution < 1.29 is 18.7 Å². The minimum atomic E-state index is -0.544. The standard InChI is InChI=1S/C21H23FN4O3.2ClH/c1-13-11-24-20(25-13)12-26(2)21(27)15-5-7-18(28-3)19(9-15)29-17-6-4-14(10-23)8-16(17)22;;/h4-9,11H,10,12,23H2,1-3H3,(H,24,25);2*1H. The third kappa shape index (κ3) is 6.33. The lowest BCUT2D eigenvalue weighted by atomic mass is 10.1. The normalized spacial score (nSPS) is 9.97. The molecule has 0 radical (unpaired) electrons. The third-order valence-corrected chi connectivity index (χ3v) is 4.35. The van der Waals surface area contributed by atoms with E-state index in [2.05, 4.69) is 9.97 Å². The second-order valence-electron chi connectivity index (χ2n) is 6.61. The van der Waals surface area contributed by atoms with Crippen molar-refractivity contribution in [1.82, 2.24) is 14.9 Å². The number of rotatable bonds is 7. The van der Waals surface area contributed by atoms with Crippen LogP contribution in [0.1, 0.15) is 27.4 Å². The molecule has 0 aliphatic carbocycles. The van der Waals surface area contributed by atoms with E-state index in [0.29, 0.717) is 29.2 Å². The third-order valence-electron chi connectivity index (χ3n) is 4.35. The molecular weight excluding hydrogens is 446 g/mol. The maximum Gasteiger partial charge on any atom is 0.254 e. The number of halogens is 3. The lowest BCUT2D eigenvalue weighted by molar-refractivity contribution is 0.0781. The number of methoxy groups -OCH3 is 1. The zero-order chi connectivity index (χ0) is 21.0. The fourth-order valence-electron chi connectivity index (χ4n) is 2.83. The SMILES string of the molecule is COc1ccc(C(=O)N(C)Cc2ncc(C)[nH]2)cc1Oc1ccc(CN)cc1F.Cl.Cl. The second-order valence-corrected chi connectivity index (χ2v) is 6.61. The lowest BCUT2D eigenvalue weighted by Gasteiger charge is -2.17. The van der Waals surface area contributed by atoms with Crippen LogP contribution in [0.3, 0.4) is 0 Å². The number of amides is 1. The molecule has 0 atom stereocenters. The summed E-state index contributed by atoms with van der Waals surface area (Å²) in [5, 5.41) is 0. The molecule has 0 spiro atoms. The number of carbonyl (C=O) groups is 1. The van der Waals surface area contributed by atoms with E-state index in [0.717, 1.165) is 5.69 Å². The number of carbonyl (C=O) groups excluding carboxylic acids is 1. The van der Waals surface area contributed by atoms with Crippen LogP contribution in [0.2, 0.25) is 0 Å². The van der Waals surface area contributed by atoms with Gasteiger partial charge in [-0.2, -0.15) is 0 Å². The Labute approximate surface area is 192 Å². The zero-order valence-corrected chi connectivity index (χ0v) is 19.0. The van der Waals surface area contributed by atoms with E-state index < -0.39 is 5.82 Å². The number of aromatic nitrogens is 2. The van der Waals surface area contributed by atoms with Gasteiger partial charge in [-0.15, -0.1) is 24.8 Å². The summed E-state index contributed by atoms with van der Waals surface area (Å²) < 4.78 is 25.3. The molecule has 0 fully saturated rings. The highest BCUT2D eigenvalue weighted by Crippen LogP contribution is 2.34. The van der Waals surface area contributed by atoms with Gasteiger partial charge in [0.05, 0.1) is 13.7 Å². The number of hydrogen-bond acceptors (Lipinski definition) is 5. The number of aromatic amines is 1. The summed E-state index contributed by atoms with van der Waals surface area (Å²) in [4.78, 5) is 21.6. The Bertz CT molecular complexity index is 1030. The van der Waals surface area contributed by atoms with Gasteiger partial charge in [-0.1, -0.05) is 6.07 Å². The number of benzene rings is 2. The van der Waals surface area contributed by atoms with Crippen molar-refractivity contribution in [1.29, 1.82) is 0 Å². The van der Waals surface area contributed by atoms with E-state index in [-0.39, 0.29) is 48.8 Å². The number of ether oxygens (including phenoxy) is 2. The van der Waals surface area contributed by atoms with E-state index in [1.165, 1.54) is 30.2 Å². The molecular formula is C21H25Cl2FN4O3. The summed E-state index contributed by atoms with van der Waals surface area (Å²) >= 11 is 0. The summed E-state index contributed by atoms with van der Waals surface area (Å²) in [5.74, 6) is 0.547. The van der Waals surface area contributed by atoms with Crippen LogP contribution in [0.5, 0.6) is 17.2 Å². The Morgan fingerprint density at radius 3 is 2.45 bits per heavy atom. The summed E-state index contributed by atoms with van der Waals surface area (Å²) in [7, 11) is 3.15. The Balaban J connectivity index is 0.00000240. The van der Waals surface area contributed by atoms with Crippen LogP contribution in [0.25, 0.3) is 0 Å². The minimum Gasteiger partial charge on any atom is -0.493 e. The molecule has 0 unspecified atom stereocenters. The van der Waals surface area contributed by atoms with Gasteiger partial charge in [-0.25, -0.2) is 9.37 Å². The van der Waals surface area contributed by atoms with Crippen molar-refractivity contribution in [2.45, 2.75) is 20.0 Å². The average Bonchev–Trinajstić information content (AvgIpc) is 3.13. The van der Waals surface area contributed by atoms with Crippen molar-refractivity contribution in [3.05, 3.63) is 71.1 Å². The predicted octanol–water partition coefficient (Wildman–Crippen LogP) is 4.23.